The molecule has 6 nitrogen and oxygen atoms in total. The van der Waals surface area contributed by atoms with Gasteiger partial charge in [-0.1, -0.05) is 18.2 Å². The van der Waals surface area contributed by atoms with Crippen LogP contribution in [0.15, 0.2) is 42.6 Å². The molecule has 0 radical (unpaired) electrons. The summed E-state index contributed by atoms with van der Waals surface area (Å²) in [7, 11) is 0. The molecule has 120 valence electrons. The summed E-state index contributed by atoms with van der Waals surface area (Å²) in [6.45, 7) is 1.78. The number of aromatic nitrogens is 3. The first kappa shape index (κ1) is 14.6. The van der Waals surface area contributed by atoms with Crippen molar-refractivity contribution in [1.82, 2.24) is 20.3 Å². The van der Waals surface area contributed by atoms with Crippen LogP contribution in [0.3, 0.4) is 0 Å². The Kier molecular flexibility index (Phi) is 3.57. The second-order valence-corrected chi connectivity index (χ2v) is 5.94. The first-order valence-corrected chi connectivity index (χ1v) is 7.96. The van der Waals surface area contributed by atoms with Crippen LogP contribution in [-0.2, 0) is 0 Å². The maximum absolute atomic E-state index is 12.2. The lowest BCUT2D eigenvalue weighted by Gasteiger charge is -2.10. The van der Waals surface area contributed by atoms with E-state index in [-0.39, 0.29) is 5.91 Å². The third kappa shape index (κ3) is 3.03. The third-order valence-corrected chi connectivity index (χ3v) is 3.88. The van der Waals surface area contributed by atoms with Crippen molar-refractivity contribution in [2.45, 2.75) is 25.8 Å². The van der Waals surface area contributed by atoms with E-state index in [2.05, 4.69) is 25.6 Å². The summed E-state index contributed by atoms with van der Waals surface area (Å²) < 4.78 is 0. The molecule has 0 aliphatic heterocycles. The molecular weight excluding hydrogens is 302 g/mol. The van der Waals surface area contributed by atoms with Gasteiger partial charge in [0.15, 0.2) is 0 Å². The van der Waals surface area contributed by atoms with Crippen LogP contribution in [-0.4, -0.2) is 26.9 Å². The highest BCUT2D eigenvalue weighted by atomic mass is 16.2. The van der Waals surface area contributed by atoms with Gasteiger partial charge in [-0.2, -0.15) is 0 Å². The third-order valence-electron chi connectivity index (χ3n) is 3.88. The molecule has 1 aliphatic carbocycles. The molecule has 1 aromatic carbocycles. The fraction of sp³-hybridized carbons (Fsp3) is 0.222. The summed E-state index contributed by atoms with van der Waals surface area (Å²) in [4.78, 5) is 25.3. The average Bonchev–Trinajstić information content (AvgIpc) is 3.39. The van der Waals surface area contributed by atoms with Crippen LogP contribution >= 0.6 is 0 Å². The predicted octanol–water partition coefficient (Wildman–Crippen LogP) is 2.97. The quantitative estimate of drug-likeness (QED) is 0.773. The van der Waals surface area contributed by atoms with Gasteiger partial charge in [0.2, 0.25) is 0 Å². The number of hydrogen-bond acceptors (Lipinski definition) is 5. The van der Waals surface area contributed by atoms with E-state index in [4.69, 9.17) is 0 Å². The van der Waals surface area contributed by atoms with E-state index in [1.165, 1.54) is 0 Å². The Hall–Kier alpha value is -3.02. The molecule has 1 aliphatic rings. The summed E-state index contributed by atoms with van der Waals surface area (Å²) in [5.41, 5.74) is 2.09. The number of fused-ring (bicyclic) bond motifs is 1. The predicted molar refractivity (Wildman–Crippen MR) is 92.3 cm³/mol. The van der Waals surface area contributed by atoms with Crippen molar-refractivity contribution in [3.63, 3.8) is 0 Å². The lowest BCUT2D eigenvalue weighted by Crippen LogP contribution is -2.26. The number of amides is 1. The highest BCUT2D eigenvalue weighted by Crippen LogP contribution is 2.24. The Morgan fingerprint density at radius 3 is 2.83 bits per heavy atom. The standard InChI is InChI=1S/C18H17N5O/c1-11-20-15(18(24)22-13-7-8-13)10-16(21-11)23-14-6-2-4-12-5-3-9-19-17(12)14/h2-6,9-10,13H,7-8H2,1H3,(H,22,24)(H,20,21,23). The minimum Gasteiger partial charge on any atom is -0.348 e. The lowest BCUT2D eigenvalue weighted by atomic mass is 10.2. The molecule has 1 fully saturated rings. The van der Waals surface area contributed by atoms with E-state index in [1.54, 1.807) is 19.2 Å². The van der Waals surface area contributed by atoms with Gasteiger partial charge in [0.25, 0.3) is 5.91 Å². The van der Waals surface area contributed by atoms with E-state index in [0.717, 1.165) is 29.4 Å². The number of rotatable bonds is 4. The Morgan fingerprint density at radius 2 is 2.00 bits per heavy atom. The maximum Gasteiger partial charge on any atom is 0.270 e. The maximum atomic E-state index is 12.2. The zero-order chi connectivity index (χ0) is 16.5. The fourth-order valence-corrected chi connectivity index (χ4v) is 2.58. The summed E-state index contributed by atoms with van der Waals surface area (Å²) in [5.74, 6) is 0.984. The van der Waals surface area contributed by atoms with Gasteiger partial charge in [-0.05, 0) is 31.9 Å². The van der Waals surface area contributed by atoms with E-state index in [1.807, 2.05) is 30.3 Å². The molecule has 2 N–H and O–H groups in total. The highest BCUT2D eigenvalue weighted by Gasteiger charge is 2.24. The normalized spacial score (nSPS) is 13.7. The van der Waals surface area contributed by atoms with Gasteiger partial charge in [-0.25, -0.2) is 9.97 Å². The van der Waals surface area contributed by atoms with Crippen molar-refractivity contribution < 1.29 is 4.79 Å². The van der Waals surface area contributed by atoms with Crippen LogP contribution < -0.4 is 10.6 Å². The highest BCUT2D eigenvalue weighted by molar-refractivity contribution is 5.94. The van der Waals surface area contributed by atoms with Crippen molar-refractivity contribution in [1.29, 1.82) is 0 Å². The van der Waals surface area contributed by atoms with Gasteiger partial charge in [0.1, 0.15) is 17.3 Å². The number of hydrogen-bond donors (Lipinski definition) is 2. The van der Waals surface area contributed by atoms with Crippen LogP contribution in [0, 0.1) is 6.92 Å². The van der Waals surface area contributed by atoms with Gasteiger partial charge in [-0.15, -0.1) is 0 Å². The Labute approximate surface area is 139 Å². The van der Waals surface area contributed by atoms with Gasteiger partial charge in [0.05, 0.1) is 11.2 Å². The number of benzene rings is 1. The topological polar surface area (TPSA) is 79.8 Å². The summed E-state index contributed by atoms with van der Waals surface area (Å²) >= 11 is 0. The Balaban J connectivity index is 1.66. The molecule has 2 heterocycles. The number of anilines is 2. The second-order valence-electron chi connectivity index (χ2n) is 5.94. The lowest BCUT2D eigenvalue weighted by molar-refractivity contribution is 0.0945. The van der Waals surface area contributed by atoms with E-state index in [9.17, 15) is 4.79 Å². The number of pyridine rings is 1. The van der Waals surface area contributed by atoms with E-state index >= 15 is 0 Å². The fourth-order valence-electron chi connectivity index (χ4n) is 2.58. The molecule has 1 amide bonds. The zero-order valence-corrected chi connectivity index (χ0v) is 13.3. The van der Waals surface area contributed by atoms with Gasteiger partial charge >= 0.3 is 0 Å². The minimum absolute atomic E-state index is 0.151. The number of carbonyl (C=O) groups is 1. The van der Waals surface area contributed by atoms with Crippen LogP contribution in [0.1, 0.15) is 29.2 Å². The number of para-hydroxylation sites is 1. The van der Waals surface area contributed by atoms with Crippen LogP contribution in [0.25, 0.3) is 10.9 Å². The molecule has 0 unspecified atom stereocenters. The molecule has 0 saturated heterocycles. The van der Waals surface area contributed by atoms with Crippen molar-refractivity contribution in [3.05, 3.63) is 54.1 Å². The average molecular weight is 319 g/mol. The number of nitrogens with zero attached hydrogens (tertiary/aromatic N) is 3. The molecule has 1 saturated carbocycles. The minimum atomic E-state index is -0.151. The largest absolute Gasteiger partial charge is 0.348 e. The molecule has 0 bridgehead atoms. The van der Waals surface area contributed by atoms with Crippen molar-refractivity contribution >= 4 is 28.3 Å². The summed E-state index contributed by atoms with van der Waals surface area (Å²) in [5, 5.41) is 7.25. The molecule has 0 atom stereocenters. The molecule has 4 rings (SSSR count). The first-order chi connectivity index (χ1) is 11.7. The zero-order valence-electron chi connectivity index (χ0n) is 13.3. The monoisotopic (exact) mass is 319 g/mol. The van der Waals surface area contributed by atoms with Crippen LogP contribution in [0.2, 0.25) is 0 Å². The number of nitrogens with one attached hydrogen (secondary N) is 2. The van der Waals surface area contributed by atoms with Gasteiger partial charge < -0.3 is 10.6 Å². The Bertz CT molecular complexity index is 915. The molecule has 24 heavy (non-hydrogen) atoms. The van der Waals surface area contributed by atoms with Crippen molar-refractivity contribution in [2.24, 2.45) is 0 Å². The van der Waals surface area contributed by atoms with Crippen molar-refractivity contribution in [3.8, 4) is 0 Å². The summed E-state index contributed by atoms with van der Waals surface area (Å²) in [6.07, 6.45) is 3.85. The second kappa shape index (κ2) is 5.88. The molecular formula is C18H17N5O. The van der Waals surface area contributed by atoms with Gasteiger partial charge in [0, 0.05) is 23.7 Å². The smallest absolute Gasteiger partial charge is 0.270 e. The Morgan fingerprint density at radius 1 is 1.17 bits per heavy atom. The summed E-state index contributed by atoms with van der Waals surface area (Å²) in [6, 6.07) is 11.8. The molecule has 6 heteroatoms. The molecule has 2 aromatic heterocycles. The van der Waals surface area contributed by atoms with E-state index in [0.29, 0.717) is 23.4 Å². The van der Waals surface area contributed by atoms with Gasteiger partial charge in [-0.3, -0.25) is 9.78 Å². The van der Waals surface area contributed by atoms with Crippen molar-refractivity contribution in [2.75, 3.05) is 5.32 Å². The molecule has 0 spiro atoms. The van der Waals surface area contributed by atoms with E-state index < -0.39 is 0 Å². The number of carbonyl (C=O) groups excluding carboxylic acids is 1. The first-order valence-electron chi connectivity index (χ1n) is 7.96. The SMILES string of the molecule is Cc1nc(Nc2cccc3cccnc23)cc(C(=O)NC2CC2)n1. The molecule has 3 aromatic rings. The van der Waals surface area contributed by atoms with Crippen LogP contribution in [0.5, 0.6) is 0 Å². The van der Waals surface area contributed by atoms with Crippen LogP contribution in [0.4, 0.5) is 11.5 Å². The number of aryl methyl sites for hydroxylation is 1.